The number of hydrogen-bond acceptors (Lipinski definition) is 4. The molecule has 0 atom stereocenters. The third kappa shape index (κ3) is 2.66. The van der Waals surface area contributed by atoms with Crippen molar-refractivity contribution >= 4 is 28.5 Å². The molecule has 2 aromatic rings. The highest BCUT2D eigenvalue weighted by atomic mass is 35.5. The standard InChI is InChI=1S/C15H15ClN2O3/c1-17-5-7-18(8-6-17)14(19)11-9-10-3-2-4-12(16)13(10)21-15(11)20/h2-4,9H,5-8H2,1H3. The largest absolute Gasteiger partial charge is 0.421 e. The summed E-state index contributed by atoms with van der Waals surface area (Å²) in [6.07, 6.45) is 0. The fourth-order valence-electron chi connectivity index (χ4n) is 2.44. The van der Waals surface area contributed by atoms with Crippen LogP contribution in [0, 0.1) is 0 Å². The molecule has 21 heavy (non-hydrogen) atoms. The summed E-state index contributed by atoms with van der Waals surface area (Å²) in [5.41, 5.74) is -0.257. The Kier molecular flexibility index (Phi) is 3.69. The molecule has 0 spiro atoms. The van der Waals surface area contributed by atoms with Gasteiger partial charge in [0.2, 0.25) is 0 Å². The van der Waals surface area contributed by atoms with Crippen molar-refractivity contribution in [3.63, 3.8) is 0 Å². The van der Waals surface area contributed by atoms with E-state index < -0.39 is 5.63 Å². The lowest BCUT2D eigenvalue weighted by Gasteiger charge is -2.32. The predicted molar refractivity (Wildman–Crippen MR) is 80.9 cm³/mol. The minimum atomic E-state index is -0.639. The van der Waals surface area contributed by atoms with E-state index in [0.717, 1.165) is 13.1 Å². The molecule has 0 aliphatic carbocycles. The SMILES string of the molecule is CN1CCN(C(=O)c2cc3cccc(Cl)c3oc2=O)CC1. The average Bonchev–Trinajstić information content (AvgIpc) is 2.48. The van der Waals surface area contributed by atoms with E-state index in [2.05, 4.69) is 4.90 Å². The van der Waals surface area contributed by atoms with Gasteiger partial charge < -0.3 is 14.2 Å². The zero-order valence-corrected chi connectivity index (χ0v) is 12.4. The van der Waals surface area contributed by atoms with Crippen LogP contribution in [0.25, 0.3) is 11.0 Å². The Morgan fingerprint density at radius 3 is 2.67 bits per heavy atom. The van der Waals surface area contributed by atoms with Crippen LogP contribution in [0.15, 0.2) is 33.5 Å². The number of likely N-dealkylation sites (N-methyl/N-ethyl adjacent to an activating group) is 1. The maximum Gasteiger partial charge on any atom is 0.349 e. The van der Waals surface area contributed by atoms with Crippen LogP contribution in [0.5, 0.6) is 0 Å². The van der Waals surface area contributed by atoms with Crippen molar-refractivity contribution < 1.29 is 9.21 Å². The molecule has 5 nitrogen and oxygen atoms in total. The second kappa shape index (κ2) is 5.50. The highest BCUT2D eigenvalue weighted by Crippen LogP contribution is 2.22. The number of carbonyl (C=O) groups is 1. The van der Waals surface area contributed by atoms with E-state index in [0.29, 0.717) is 29.1 Å². The Bertz CT molecular complexity index is 748. The molecule has 0 unspecified atom stereocenters. The first kappa shape index (κ1) is 14.1. The summed E-state index contributed by atoms with van der Waals surface area (Å²) in [5.74, 6) is -0.279. The van der Waals surface area contributed by atoms with Gasteiger partial charge in [0.1, 0.15) is 5.56 Å². The zero-order chi connectivity index (χ0) is 15.0. The highest BCUT2D eigenvalue weighted by Gasteiger charge is 2.23. The van der Waals surface area contributed by atoms with Crippen LogP contribution in [-0.4, -0.2) is 48.9 Å². The molecule has 0 saturated carbocycles. The summed E-state index contributed by atoms with van der Waals surface area (Å²) >= 11 is 5.99. The smallest absolute Gasteiger partial charge is 0.349 e. The molecule has 1 aliphatic heterocycles. The number of benzene rings is 1. The van der Waals surface area contributed by atoms with Crippen LogP contribution in [-0.2, 0) is 0 Å². The number of rotatable bonds is 1. The Morgan fingerprint density at radius 1 is 1.24 bits per heavy atom. The van der Waals surface area contributed by atoms with Gasteiger partial charge in [-0.2, -0.15) is 0 Å². The van der Waals surface area contributed by atoms with Crippen molar-refractivity contribution in [1.82, 2.24) is 9.80 Å². The maximum absolute atomic E-state index is 12.5. The van der Waals surface area contributed by atoms with Crippen molar-refractivity contribution in [2.75, 3.05) is 33.2 Å². The number of amides is 1. The van der Waals surface area contributed by atoms with Crippen LogP contribution in [0.1, 0.15) is 10.4 Å². The molecule has 0 radical (unpaired) electrons. The fraction of sp³-hybridized carbons (Fsp3) is 0.333. The number of carbonyl (C=O) groups excluding carboxylic acids is 1. The first-order chi connectivity index (χ1) is 10.1. The second-order valence-electron chi connectivity index (χ2n) is 5.20. The topological polar surface area (TPSA) is 53.8 Å². The zero-order valence-electron chi connectivity index (χ0n) is 11.6. The van der Waals surface area contributed by atoms with Gasteiger partial charge in [-0.15, -0.1) is 0 Å². The van der Waals surface area contributed by atoms with Gasteiger partial charge in [-0.25, -0.2) is 4.79 Å². The molecular weight excluding hydrogens is 292 g/mol. The van der Waals surface area contributed by atoms with Crippen molar-refractivity contribution in [2.45, 2.75) is 0 Å². The van der Waals surface area contributed by atoms with Gasteiger partial charge in [-0.3, -0.25) is 4.79 Å². The molecule has 0 N–H and O–H groups in total. The van der Waals surface area contributed by atoms with Crippen LogP contribution in [0.3, 0.4) is 0 Å². The quantitative estimate of drug-likeness (QED) is 0.754. The van der Waals surface area contributed by atoms with Crippen molar-refractivity contribution in [3.8, 4) is 0 Å². The Morgan fingerprint density at radius 2 is 1.95 bits per heavy atom. The summed E-state index contributed by atoms with van der Waals surface area (Å²) in [6.45, 7) is 2.83. The number of fused-ring (bicyclic) bond motifs is 1. The van der Waals surface area contributed by atoms with Crippen molar-refractivity contribution in [2.24, 2.45) is 0 Å². The maximum atomic E-state index is 12.5. The van der Waals surface area contributed by atoms with Gasteiger partial charge in [-0.1, -0.05) is 23.7 Å². The monoisotopic (exact) mass is 306 g/mol. The number of hydrogen-bond donors (Lipinski definition) is 0. The molecule has 6 heteroatoms. The molecule has 1 aromatic carbocycles. The normalized spacial score (nSPS) is 16.4. The van der Waals surface area contributed by atoms with E-state index in [1.165, 1.54) is 0 Å². The average molecular weight is 307 g/mol. The molecule has 1 aromatic heterocycles. The molecule has 3 rings (SSSR count). The van der Waals surface area contributed by atoms with E-state index in [-0.39, 0.29) is 11.5 Å². The third-order valence-corrected chi connectivity index (χ3v) is 4.03. The summed E-state index contributed by atoms with van der Waals surface area (Å²) < 4.78 is 5.21. The predicted octanol–water partition coefficient (Wildman–Crippen LogP) is 1.83. The van der Waals surface area contributed by atoms with E-state index in [4.69, 9.17) is 16.0 Å². The van der Waals surface area contributed by atoms with E-state index >= 15 is 0 Å². The number of nitrogens with zero attached hydrogens (tertiary/aromatic N) is 2. The lowest BCUT2D eigenvalue weighted by atomic mass is 10.1. The van der Waals surface area contributed by atoms with Gasteiger partial charge >= 0.3 is 5.63 Å². The molecular formula is C15H15ClN2O3. The lowest BCUT2D eigenvalue weighted by molar-refractivity contribution is 0.0660. The summed E-state index contributed by atoms with van der Waals surface area (Å²) in [6, 6.07) is 6.74. The Labute approximate surface area is 126 Å². The summed E-state index contributed by atoms with van der Waals surface area (Å²) in [5, 5.41) is 1.02. The van der Waals surface area contributed by atoms with Gasteiger partial charge in [0.05, 0.1) is 5.02 Å². The second-order valence-corrected chi connectivity index (χ2v) is 5.61. The summed E-state index contributed by atoms with van der Waals surface area (Å²) in [7, 11) is 2.01. The molecule has 1 aliphatic rings. The van der Waals surface area contributed by atoms with Crippen molar-refractivity contribution in [1.29, 1.82) is 0 Å². The fourth-order valence-corrected chi connectivity index (χ4v) is 2.66. The first-order valence-corrected chi connectivity index (χ1v) is 7.14. The lowest BCUT2D eigenvalue weighted by Crippen LogP contribution is -2.48. The third-order valence-electron chi connectivity index (χ3n) is 3.73. The van der Waals surface area contributed by atoms with Gasteiger partial charge in [0.15, 0.2) is 5.58 Å². The van der Waals surface area contributed by atoms with Crippen LogP contribution < -0.4 is 5.63 Å². The number of piperazine rings is 1. The molecule has 1 saturated heterocycles. The molecule has 0 bridgehead atoms. The first-order valence-electron chi connectivity index (χ1n) is 6.76. The molecule has 1 amide bonds. The molecule has 110 valence electrons. The van der Waals surface area contributed by atoms with E-state index in [1.807, 2.05) is 7.05 Å². The highest BCUT2D eigenvalue weighted by molar-refractivity contribution is 6.34. The van der Waals surface area contributed by atoms with E-state index in [9.17, 15) is 9.59 Å². The van der Waals surface area contributed by atoms with E-state index in [1.54, 1.807) is 29.2 Å². The number of halogens is 1. The number of para-hydroxylation sites is 1. The Balaban J connectivity index is 1.98. The Hall–Kier alpha value is -1.85. The van der Waals surface area contributed by atoms with Gasteiger partial charge in [-0.05, 0) is 19.2 Å². The van der Waals surface area contributed by atoms with Crippen LogP contribution in [0.4, 0.5) is 0 Å². The summed E-state index contributed by atoms with van der Waals surface area (Å²) in [4.78, 5) is 28.3. The van der Waals surface area contributed by atoms with Gasteiger partial charge in [0, 0.05) is 31.6 Å². The molecule has 2 heterocycles. The van der Waals surface area contributed by atoms with Gasteiger partial charge in [0.25, 0.3) is 5.91 Å². The minimum Gasteiger partial charge on any atom is -0.421 e. The van der Waals surface area contributed by atoms with Crippen molar-refractivity contribution in [3.05, 3.63) is 45.3 Å². The minimum absolute atomic E-state index is 0.0642. The molecule has 1 fully saturated rings. The van der Waals surface area contributed by atoms with Crippen LogP contribution >= 0.6 is 11.6 Å². The van der Waals surface area contributed by atoms with Crippen LogP contribution in [0.2, 0.25) is 5.02 Å².